The number of rotatable bonds is 4. The molecule has 1 N–H and O–H groups in total. The van der Waals surface area contributed by atoms with E-state index in [1.807, 2.05) is 12.1 Å². The Morgan fingerprint density at radius 3 is 2.77 bits per heavy atom. The number of nitrogens with one attached hydrogen (secondary N) is 1. The largest absolute Gasteiger partial charge is 0.351 e. The second-order valence-electron chi connectivity index (χ2n) is 6.98. The molecule has 0 unspecified atom stereocenters. The first kappa shape index (κ1) is 15.6. The summed E-state index contributed by atoms with van der Waals surface area (Å²) < 4.78 is 0. The van der Waals surface area contributed by atoms with Crippen LogP contribution in [0.4, 0.5) is 0 Å². The number of halogens is 1. The molecule has 0 atom stereocenters. The van der Waals surface area contributed by atoms with Gasteiger partial charge in [-0.2, -0.15) is 0 Å². The smallest absolute Gasteiger partial charge is 0.252 e. The topological polar surface area (TPSA) is 29.1 Å². The summed E-state index contributed by atoms with van der Waals surface area (Å²) in [5.74, 6) is 0.822. The molecular weight excluding hydrogens is 294 g/mol. The fourth-order valence-electron chi connectivity index (χ4n) is 4.28. The van der Waals surface area contributed by atoms with Crippen LogP contribution in [0.5, 0.6) is 0 Å². The number of hydrogen-bond donors (Lipinski definition) is 1. The van der Waals surface area contributed by atoms with Crippen LogP contribution in [0.15, 0.2) is 24.8 Å². The van der Waals surface area contributed by atoms with Crippen molar-refractivity contribution in [2.24, 2.45) is 11.3 Å². The maximum atomic E-state index is 12.5. The molecule has 118 valence electrons. The number of fused-ring (bicyclic) bond motifs is 2. The van der Waals surface area contributed by atoms with E-state index in [0.717, 1.165) is 18.0 Å². The van der Waals surface area contributed by atoms with Crippen molar-refractivity contribution in [3.63, 3.8) is 0 Å². The molecule has 0 radical (unpaired) electrons. The molecule has 3 rings (SSSR count). The Bertz CT molecular complexity index is 571. The molecule has 0 spiro atoms. The van der Waals surface area contributed by atoms with Gasteiger partial charge in [0.2, 0.25) is 0 Å². The molecule has 2 saturated carbocycles. The van der Waals surface area contributed by atoms with Crippen molar-refractivity contribution in [1.82, 2.24) is 5.32 Å². The van der Waals surface area contributed by atoms with Crippen molar-refractivity contribution in [3.8, 4) is 0 Å². The van der Waals surface area contributed by atoms with Gasteiger partial charge in [0, 0.05) is 6.54 Å². The standard InChI is InChI=1S/C19H24ClNO/c1-2-14-7-8-17(20)16(11-14)18(22)21-13-19-9-3-5-15(12-19)6-4-10-19/h2,7-8,11,15H,1,3-6,9-10,12-13H2,(H,21,22). The average Bonchev–Trinajstić information content (AvgIpc) is 2.53. The quantitative estimate of drug-likeness (QED) is 0.825. The van der Waals surface area contributed by atoms with Gasteiger partial charge in [-0.3, -0.25) is 4.79 Å². The van der Waals surface area contributed by atoms with Crippen molar-refractivity contribution in [3.05, 3.63) is 40.9 Å². The normalized spacial score (nSPS) is 27.2. The first-order valence-corrected chi connectivity index (χ1v) is 8.70. The van der Waals surface area contributed by atoms with Crippen LogP contribution in [0.2, 0.25) is 5.02 Å². The van der Waals surface area contributed by atoms with Crippen molar-refractivity contribution in [2.75, 3.05) is 6.54 Å². The zero-order valence-electron chi connectivity index (χ0n) is 13.0. The van der Waals surface area contributed by atoms with Crippen LogP contribution in [0, 0.1) is 11.3 Å². The van der Waals surface area contributed by atoms with Gasteiger partial charge in [0.25, 0.3) is 5.91 Å². The van der Waals surface area contributed by atoms with Gasteiger partial charge in [-0.25, -0.2) is 0 Å². The lowest BCUT2D eigenvalue weighted by Crippen LogP contribution is -2.43. The lowest BCUT2D eigenvalue weighted by atomic mass is 9.62. The highest BCUT2D eigenvalue weighted by Crippen LogP contribution is 2.48. The van der Waals surface area contributed by atoms with Crippen molar-refractivity contribution < 1.29 is 4.79 Å². The van der Waals surface area contributed by atoms with Crippen LogP contribution in [-0.2, 0) is 0 Å². The van der Waals surface area contributed by atoms with Gasteiger partial charge in [-0.05, 0) is 48.3 Å². The van der Waals surface area contributed by atoms with Gasteiger partial charge >= 0.3 is 0 Å². The van der Waals surface area contributed by atoms with E-state index in [0.29, 0.717) is 16.0 Å². The van der Waals surface area contributed by atoms with E-state index < -0.39 is 0 Å². The summed E-state index contributed by atoms with van der Waals surface area (Å²) in [6.45, 7) is 4.53. The molecule has 0 saturated heterocycles. The number of carbonyl (C=O) groups is 1. The zero-order valence-corrected chi connectivity index (χ0v) is 13.8. The molecule has 1 aromatic rings. The second kappa shape index (κ2) is 6.45. The maximum absolute atomic E-state index is 12.5. The van der Waals surface area contributed by atoms with Gasteiger partial charge in [-0.1, -0.05) is 56.0 Å². The van der Waals surface area contributed by atoms with E-state index in [-0.39, 0.29) is 5.91 Å². The van der Waals surface area contributed by atoms with Crippen LogP contribution in [0.1, 0.15) is 60.9 Å². The summed E-state index contributed by atoms with van der Waals surface area (Å²) in [5, 5.41) is 3.65. The summed E-state index contributed by atoms with van der Waals surface area (Å²) in [6, 6.07) is 5.45. The second-order valence-corrected chi connectivity index (χ2v) is 7.39. The molecule has 3 heteroatoms. The van der Waals surface area contributed by atoms with Crippen LogP contribution >= 0.6 is 11.6 Å². The molecule has 2 fully saturated rings. The Morgan fingerprint density at radius 1 is 1.36 bits per heavy atom. The first-order valence-electron chi connectivity index (χ1n) is 8.32. The molecule has 0 aromatic heterocycles. The highest BCUT2D eigenvalue weighted by Gasteiger charge is 2.39. The molecule has 2 nitrogen and oxygen atoms in total. The average molecular weight is 318 g/mol. The van der Waals surface area contributed by atoms with E-state index in [1.165, 1.54) is 44.9 Å². The van der Waals surface area contributed by atoms with Gasteiger partial charge < -0.3 is 5.32 Å². The Balaban J connectivity index is 1.68. The first-order chi connectivity index (χ1) is 10.6. The Hall–Kier alpha value is -1.28. The van der Waals surface area contributed by atoms with E-state index in [4.69, 9.17) is 11.6 Å². The Labute approximate surface area is 137 Å². The molecule has 2 aliphatic carbocycles. The predicted octanol–water partition coefficient (Wildman–Crippen LogP) is 5.07. The summed E-state index contributed by atoms with van der Waals surface area (Å²) >= 11 is 6.18. The molecule has 0 aliphatic heterocycles. The van der Waals surface area contributed by atoms with E-state index in [9.17, 15) is 4.79 Å². The molecule has 22 heavy (non-hydrogen) atoms. The summed E-state index contributed by atoms with van der Waals surface area (Å²) in [7, 11) is 0. The molecule has 0 heterocycles. The summed E-state index contributed by atoms with van der Waals surface area (Å²) in [6.07, 6.45) is 10.9. The van der Waals surface area contributed by atoms with Gasteiger partial charge in [0.1, 0.15) is 0 Å². The van der Waals surface area contributed by atoms with E-state index in [1.54, 1.807) is 12.1 Å². The monoisotopic (exact) mass is 317 g/mol. The molecule has 1 aromatic carbocycles. The lowest BCUT2D eigenvalue weighted by molar-refractivity contribution is 0.0682. The minimum atomic E-state index is -0.0595. The molecule has 2 bridgehead atoms. The molecule has 1 amide bonds. The number of benzene rings is 1. The van der Waals surface area contributed by atoms with E-state index >= 15 is 0 Å². The number of amides is 1. The third kappa shape index (κ3) is 3.22. The highest BCUT2D eigenvalue weighted by molar-refractivity contribution is 6.33. The van der Waals surface area contributed by atoms with Crippen LogP contribution in [0.25, 0.3) is 6.08 Å². The van der Waals surface area contributed by atoms with Crippen molar-refractivity contribution in [1.29, 1.82) is 0 Å². The predicted molar refractivity (Wildman–Crippen MR) is 92.1 cm³/mol. The minimum Gasteiger partial charge on any atom is -0.351 e. The maximum Gasteiger partial charge on any atom is 0.252 e. The third-order valence-corrected chi connectivity index (χ3v) is 5.78. The highest BCUT2D eigenvalue weighted by atomic mass is 35.5. The minimum absolute atomic E-state index is 0.0595. The molecule has 2 aliphatic rings. The van der Waals surface area contributed by atoms with E-state index in [2.05, 4.69) is 11.9 Å². The SMILES string of the molecule is C=Cc1ccc(Cl)c(C(=O)NCC23CCCC(CCC2)C3)c1. The van der Waals surface area contributed by atoms with Crippen LogP contribution in [0.3, 0.4) is 0 Å². The Morgan fingerprint density at radius 2 is 2.09 bits per heavy atom. The van der Waals surface area contributed by atoms with Crippen LogP contribution in [-0.4, -0.2) is 12.5 Å². The third-order valence-electron chi connectivity index (χ3n) is 5.46. The number of carbonyl (C=O) groups excluding carboxylic acids is 1. The number of hydrogen-bond acceptors (Lipinski definition) is 1. The molecular formula is C19H24ClNO. The van der Waals surface area contributed by atoms with Gasteiger partial charge in [0.15, 0.2) is 0 Å². The summed E-state index contributed by atoms with van der Waals surface area (Å²) in [5.41, 5.74) is 1.81. The fraction of sp³-hybridized carbons (Fsp3) is 0.526. The fourth-order valence-corrected chi connectivity index (χ4v) is 4.48. The van der Waals surface area contributed by atoms with Crippen molar-refractivity contribution >= 4 is 23.6 Å². The lowest BCUT2D eigenvalue weighted by Gasteiger charge is -2.45. The zero-order chi connectivity index (χ0) is 15.6. The van der Waals surface area contributed by atoms with Gasteiger partial charge in [0.05, 0.1) is 10.6 Å². The summed E-state index contributed by atoms with van der Waals surface area (Å²) in [4.78, 5) is 12.5. The van der Waals surface area contributed by atoms with Gasteiger partial charge in [-0.15, -0.1) is 0 Å². The Kier molecular flexibility index (Phi) is 4.58. The van der Waals surface area contributed by atoms with Crippen molar-refractivity contribution in [2.45, 2.75) is 44.9 Å². The van der Waals surface area contributed by atoms with Crippen LogP contribution < -0.4 is 5.32 Å².